The molecule has 5 nitrogen and oxygen atoms in total. The molecule has 0 bridgehead atoms. The van der Waals surface area contributed by atoms with E-state index in [0.717, 1.165) is 22.3 Å². The highest BCUT2D eigenvalue weighted by Gasteiger charge is 2.13. The maximum absolute atomic E-state index is 11.8. The molecule has 2 aromatic rings. The number of hydrogen-bond donors (Lipinski definition) is 2. The van der Waals surface area contributed by atoms with E-state index >= 15 is 0 Å². The minimum absolute atomic E-state index is 0.610. The molecule has 2 aromatic carbocycles. The van der Waals surface area contributed by atoms with Gasteiger partial charge in [0.25, 0.3) is 0 Å². The summed E-state index contributed by atoms with van der Waals surface area (Å²) in [5.41, 5.74) is 6.79. The van der Waals surface area contributed by atoms with Crippen molar-refractivity contribution in [1.29, 1.82) is 0 Å². The highest BCUT2D eigenvalue weighted by atomic mass is 16.2. The minimum atomic E-state index is -0.812. The molecule has 0 atom stereocenters. The molecule has 2 N–H and O–H groups in total. The average molecular weight is 309 g/mol. The zero-order chi connectivity index (χ0) is 16.8. The molecule has 5 heteroatoms. The summed E-state index contributed by atoms with van der Waals surface area (Å²) in [6.07, 6.45) is 1.49. The number of carbonyl (C=O) groups is 2. The van der Waals surface area contributed by atoms with E-state index in [2.05, 4.69) is 15.8 Å². The first-order valence-corrected chi connectivity index (χ1v) is 7.24. The van der Waals surface area contributed by atoms with Gasteiger partial charge in [-0.2, -0.15) is 5.10 Å². The molecule has 0 unspecified atom stereocenters. The number of aryl methyl sites for hydroxylation is 3. The average Bonchev–Trinajstić information content (AvgIpc) is 2.51. The second kappa shape index (κ2) is 7.35. The minimum Gasteiger partial charge on any atom is -0.317 e. The summed E-state index contributed by atoms with van der Waals surface area (Å²) in [6, 6.07) is 13.2. The smallest absolute Gasteiger partial charge is 0.317 e. The summed E-state index contributed by atoms with van der Waals surface area (Å²) < 4.78 is 0. The SMILES string of the molecule is Cc1ccc(/C=N/NC(=O)C(=O)Nc2ccc(C)cc2C)cc1. The van der Waals surface area contributed by atoms with E-state index in [1.807, 2.05) is 57.2 Å². The van der Waals surface area contributed by atoms with Crippen molar-refractivity contribution in [2.75, 3.05) is 5.32 Å². The predicted molar refractivity (Wildman–Crippen MR) is 91.5 cm³/mol. The number of rotatable bonds is 3. The largest absolute Gasteiger partial charge is 0.329 e. The van der Waals surface area contributed by atoms with Crippen LogP contribution in [0.3, 0.4) is 0 Å². The topological polar surface area (TPSA) is 70.6 Å². The molecule has 0 aromatic heterocycles. The molecule has 0 aliphatic carbocycles. The van der Waals surface area contributed by atoms with Crippen molar-refractivity contribution in [2.45, 2.75) is 20.8 Å². The molecule has 0 heterocycles. The Kier molecular flexibility index (Phi) is 5.25. The third kappa shape index (κ3) is 4.78. The number of carbonyl (C=O) groups excluding carboxylic acids is 2. The van der Waals surface area contributed by atoms with Crippen LogP contribution in [0.25, 0.3) is 0 Å². The molecule has 0 aliphatic rings. The fourth-order valence-corrected chi connectivity index (χ4v) is 2.00. The Morgan fingerprint density at radius 1 is 0.913 bits per heavy atom. The molecule has 0 radical (unpaired) electrons. The van der Waals surface area contributed by atoms with Gasteiger partial charge in [0.15, 0.2) is 0 Å². The van der Waals surface area contributed by atoms with E-state index in [-0.39, 0.29) is 0 Å². The van der Waals surface area contributed by atoms with Crippen LogP contribution in [0.1, 0.15) is 22.3 Å². The number of hydrogen-bond acceptors (Lipinski definition) is 3. The van der Waals surface area contributed by atoms with Gasteiger partial charge < -0.3 is 5.32 Å². The highest BCUT2D eigenvalue weighted by molar-refractivity contribution is 6.39. The van der Waals surface area contributed by atoms with Gasteiger partial charge >= 0.3 is 11.8 Å². The summed E-state index contributed by atoms with van der Waals surface area (Å²) in [4.78, 5) is 23.6. The summed E-state index contributed by atoms with van der Waals surface area (Å²) in [5.74, 6) is -1.56. The fraction of sp³-hybridized carbons (Fsp3) is 0.167. The van der Waals surface area contributed by atoms with Gasteiger partial charge in [-0.15, -0.1) is 0 Å². The Balaban J connectivity index is 1.92. The third-order valence-corrected chi connectivity index (χ3v) is 3.29. The van der Waals surface area contributed by atoms with Gasteiger partial charge in [-0.3, -0.25) is 9.59 Å². The molecule has 0 saturated heterocycles. The lowest BCUT2D eigenvalue weighted by Gasteiger charge is -2.08. The van der Waals surface area contributed by atoms with Crippen LogP contribution >= 0.6 is 0 Å². The maximum atomic E-state index is 11.8. The number of nitrogens with zero attached hydrogens (tertiary/aromatic N) is 1. The number of anilines is 1. The normalized spacial score (nSPS) is 10.6. The molecule has 2 rings (SSSR count). The molecule has 0 spiro atoms. The van der Waals surface area contributed by atoms with Crippen molar-refractivity contribution in [1.82, 2.24) is 5.43 Å². The van der Waals surface area contributed by atoms with Gasteiger partial charge in [0.05, 0.1) is 6.21 Å². The van der Waals surface area contributed by atoms with Gasteiger partial charge in [-0.05, 0) is 38.0 Å². The van der Waals surface area contributed by atoms with Crippen LogP contribution < -0.4 is 10.7 Å². The number of hydrazone groups is 1. The Morgan fingerprint density at radius 2 is 1.57 bits per heavy atom. The molecule has 0 fully saturated rings. The van der Waals surface area contributed by atoms with E-state index in [0.29, 0.717) is 5.69 Å². The molecule has 2 amide bonds. The lowest BCUT2D eigenvalue weighted by Crippen LogP contribution is -2.32. The Labute approximate surface area is 135 Å². The van der Waals surface area contributed by atoms with Crippen molar-refractivity contribution in [2.24, 2.45) is 5.10 Å². The van der Waals surface area contributed by atoms with Gasteiger partial charge in [-0.25, -0.2) is 5.43 Å². The second-order valence-corrected chi connectivity index (χ2v) is 5.38. The first-order valence-electron chi connectivity index (χ1n) is 7.24. The van der Waals surface area contributed by atoms with E-state index in [9.17, 15) is 9.59 Å². The van der Waals surface area contributed by atoms with Gasteiger partial charge in [0.2, 0.25) is 0 Å². The monoisotopic (exact) mass is 309 g/mol. The second-order valence-electron chi connectivity index (χ2n) is 5.38. The Morgan fingerprint density at radius 3 is 2.22 bits per heavy atom. The lowest BCUT2D eigenvalue weighted by atomic mass is 10.1. The van der Waals surface area contributed by atoms with Crippen LogP contribution in [0.2, 0.25) is 0 Å². The third-order valence-electron chi connectivity index (χ3n) is 3.29. The van der Waals surface area contributed by atoms with Crippen LogP contribution in [0.5, 0.6) is 0 Å². The predicted octanol–water partition coefficient (Wildman–Crippen LogP) is 2.70. The number of amides is 2. The van der Waals surface area contributed by atoms with Crippen LogP contribution in [-0.4, -0.2) is 18.0 Å². The molecule has 0 saturated carbocycles. The lowest BCUT2D eigenvalue weighted by molar-refractivity contribution is -0.136. The maximum Gasteiger partial charge on any atom is 0.329 e. The first-order chi connectivity index (χ1) is 11.0. The van der Waals surface area contributed by atoms with Crippen LogP contribution in [-0.2, 0) is 9.59 Å². The van der Waals surface area contributed by atoms with Crippen molar-refractivity contribution in [3.05, 3.63) is 64.7 Å². The highest BCUT2D eigenvalue weighted by Crippen LogP contribution is 2.15. The zero-order valence-corrected chi connectivity index (χ0v) is 13.4. The van der Waals surface area contributed by atoms with Crippen molar-refractivity contribution in [3.8, 4) is 0 Å². The van der Waals surface area contributed by atoms with Gasteiger partial charge in [-0.1, -0.05) is 47.5 Å². The molecule has 118 valence electrons. The van der Waals surface area contributed by atoms with Gasteiger partial charge in [0, 0.05) is 5.69 Å². The van der Waals surface area contributed by atoms with E-state index in [1.165, 1.54) is 6.21 Å². The van der Waals surface area contributed by atoms with Crippen LogP contribution in [0.4, 0.5) is 5.69 Å². The standard InChI is InChI=1S/C18H19N3O2/c1-12-4-7-15(8-5-12)11-19-21-18(23)17(22)20-16-9-6-13(2)10-14(16)3/h4-11H,1-3H3,(H,20,22)(H,21,23)/b19-11+. The quantitative estimate of drug-likeness (QED) is 0.520. The van der Waals surface area contributed by atoms with E-state index in [1.54, 1.807) is 6.07 Å². The summed E-state index contributed by atoms with van der Waals surface area (Å²) in [6.45, 7) is 5.82. The zero-order valence-electron chi connectivity index (χ0n) is 13.4. The summed E-state index contributed by atoms with van der Waals surface area (Å²) in [5, 5.41) is 6.35. The first kappa shape index (κ1) is 16.4. The Bertz CT molecular complexity index is 749. The van der Waals surface area contributed by atoms with Crippen molar-refractivity contribution < 1.29 is 9.59 Å². The van der Waals surface area contributed by atoms with Crippen molar-refractivity contribution in [3.63, 3.8) is 0 Å². The Hall–Kier alpha value is -2.95. The number of nitrogens with one attached hydrogen (secondary N) is 2. The summed E-state index contributed by atoms with van der Waals surface area (Å²) >= 11 is 0. The number of benzene rings is 2. The molecule has 23 heavy (non-hydrogen) atoms. The van der Waals surface area contributed by atoms with Crippen LogP contribution in [0.15, 0.2) is 47.6 Å². The van der Waals surface area contributed by atoms with E-state index in [4.69, 9.17) is 0 Å². The van der Waals surface area contributed by atoms with E-state index < -0.39 is 11.8 Å². The molecular formula is C18H19N3O2. The van der Waals surface area contributed by atoms with Gasteiger partial charge in [0.1, 0.15) is 0 Å². The molecule has 0 aliphatic heterocycles. The summed E-state index contributed by atoms with van der Waals surface area (Å²) in [7, 11) is 0. The van der Waals surface area contributed by atoms with Crippen molar-refractivity contribution >= 4 is 23.7 Å². The fourth-order valence-electron chi connectivity index (χ4n) is 2.00. The van der Waals surface area contributed by atoms with Crippen LogP contribution in [0, 0.1) is 20.8 Å². The molecular weight excluding hydrogens is 290 g/mol.